The fourth-order valence-electron chi connectivity index (χ4n) is 3.39. The predicted octanol–water partition coefficient (Wildman–Crippen LogP) is 2.92. The molecule has 1 aliphatic heterocycles. The molecule has 0 radical (unpaired) electrons. The summed E-state index contributed by atoms with van der Waals surface area (Å²) in [6, 6.07) is 11.4. The van der Waals surface area contributed by atoms with Gasteiger partial charge in [-0.2, -0.15) is 0 Å². The Morgan fingerprint density at radius 2 is 2.09 bits per heavy atom. The normalized spacial score (nSPS) is 23.5. The summed E-state index contributed by atoms with van der Waals surface area (Å²) in [4.78, 5) is 16.8. The van der Waals surface area contributed by atoms with Gasteiger partial charge < -0.3 is 9.64 Å². The van der Waals surface area contributed by atoms with Gasteiger partial charge >= 0.3 is 0 Å². The summed E-state index contributed by atoms with van der Waals surface area (Å²) in [5.41, 5.74) is 1.35. The van der Waals surface area contributed by atoms with Gasteiger partial charge in [-0.1, -0.05) is 30.3 Å². The van der Waals surface area contributed by atoms with E-state index in [1.807, 2.05) is 25.8 Å². The number of likely N-dealkylation sites (N-methyl/N-ethyl adjacent to an activating group) is 1. The van der Waals surface area contributed by atoms with Crippen molar-refractivity contribution in [2.24, 2.45) is 0 Å². The van der Waals surface area contributed by atoms with Crippen molar-refractivity contribution in [1.29, 1.82) is 0 Å². The second kappa shape index (κ2) is 8.46. The number of piperidine rings is 1. The largest absolute Gasteiger partial charge is 0.369 e. The molecule has 2 rings (SSSR count). The van der Waals surface area contributed by atoms with Gasteiger partial charge in [0.05, 0.1) is 0 Å². The minimum absolute atomic E-state index is 0.0977. The van der Waals surface area contributed by atoms with E-state index in [1.54, 1.807) is 0 Å². The lowest BCUT2D eigenvalue weighted by Crippen LogP contribution is -2.51. The van der Waals surface area contributed by atoms with Crippen LogP contribution >= 0.6 is 0 Å². The van der Waals surface area contributed by atoms with Crippen molar-refractivity contribution < 1.29 is 9.53 Å². The van der Waals surface area contributed by atoms with Crippen molar-refractivity contribution >= 4 is 5.91 Å². The Hall–Kier alpha value is -1.39. The SMILES string of the molecule is CCO[C@@H](C)C(=O)N(C)[C@@H]1CCN(Cc2ccccc2)[C@@H](C)C1. The Morgan fingerprint density at radius 3 is 2.70 bits per heavy atom. The first-order chi connectivity index (χ1) is 11.0. The van der Waals surface area contributed by atoms with Crippen molar-refractivity contribution in [1.82, 2.24) is 9.80 Å². The Labute approximate surface area is 140 Å². The van der Waals surface area contributed by atoms with Gasteiger partial charge in [-0.3, -0.25) is 9.69 Å². The Morgan fingerprint density at radius 1 is 1.39 bits per heavy atom. The van der Waals surface area contributed by atoms with E-state index in [9.17, 15) is 4.79 Å². The van der Waals surface area contributed by atoms with Gasteiger partial charge in [0, 0.05) is 38.8 Å². The fraction of sp³-hybridized carbons (Fsp3) is 0.632. The zero-order valence-corrected chi connectivity index (χ0v) is 14.9. The van der Waals surface area contributed by atoms with Crippen LogP contribution in [0.4, 0.5) is 0 Å². The quantitative estimate of drug-likeness (QED) is 0.808. The Balaban J connectivity index is 1.89. The highest BCUT2D eigenvalue weighted by Crippen LogP contribution is 2.23. The van der Waals surface area contributed by atoms with E-state index >= 15 is 0 Å². The minimum Gasteiger partial charge on any atom is -0.369 e. The minimum atomic E-state index is -0.345. The molecule has 128 valence electrons. The predicted molar refractivity (Wildman–Crippen MR) is 93.2 cm³/mol. The smallest absolute Gasteiger partial charge is 0.251 e. The molecule has 1 amide bonds. The van der Waals surface area contributed by atoms with Crippen molar-refractivity contribution in [3.05, 3.63) is 35.9 Å². The monoisotopic (exact) mass is 318 g/mol. The van der Waals surface area contributed by atoms with Crippen LogP contribution in [0.25, 0.3) is 0 Å². The second-order valence-corrected chi connectivity index (χ2v) is 6.53. The van der Waals surface area contributed by atoms with Crippen LogP contribution in [0.15, 0.2) is 30.3 Å². The molecule has 0 bridgehead atoms. The van der Waals surface area contributed by atoms with Crippen molar-refractivity contribution in [2.45, 2.75) is 58.3 Å². The number of carbonyl (C=O) groups is 1. The molecule has 0 spiro atoms. The van der Waals surface area contributed by atoms with Crippen LogP contribution in [0.3, 0.4) is 0 Å². The van der Waals surface area contributed by atoms with Gasteiger partial charge in [-0.15, -0.1) is 0 Å². The van der Waals surface area contributed by atoms with E-state index in [-0.39, 0.29) is 12.0 Å². The van der Waals surface area contributed by atoms with Crippen LogP contribution < -0.4 is 0 Å². The highest BCUT2D eigenvalue weighted by atomic mass is 16.5. The van der Waals surface area contributed by atoms with E-state index < -0.39 is 0 Å². The Kier molecular flexibility index (Phi) is 6.60. The summed E-state index contributed by atoms with van der Waals surface area (Å²) in [7, 11) is 1.92. The molecule has 0 aliphatic carbocycles. The van der Waals surface area contributed by atoms with Crippen LogP contribution in [0.5, 0.6) is 0 Å². The molecule has 1 aliphatic rings. The van der Waals surface area contributed by atoms with E-state index in [0.29, 0.717) is 18.7 Å². The van der Waals surface area contributed by atoms with Gasteiger partial charge in [0.15, 0.2) is 0 Å². The molecule has 1 saturated heterocycles. The Bertz CT molecular complexity index is 491. The van der Waals surface area contributed by atoms with E-state index in [2.05, 4.69) is 42.2 Å². The molecule has 4 heteroatoms. The van der Waals surface area contributed by atoms with Crippen LogP contribution in [0, 0.1) is 0 Å². The highest BCUT2D eigenvalue weighted by molar-refractivity contribution is 5.80. The molecule has 1 heterocycles. The number of ether oxygens (including phenoxy) is 1. The maximum Gasteiger partial charge on any atom is 0.251 e. The molecular weight excluding hydrogens is 288 g/mol. The molecule has 0 unspecified atom stereocenters. The van der Waals surface area contributed by atoms with Crippen LogP contribution in [-0.2, 0) is 16.1 Å². The number of benzene rings is 1. The molecule has 1 aromatic rings. The number of carbonyl (C=O) groups excluding carboxylic acids is 1. The number of amides is 1. The third-order valence-electron chi connectivity index (χ3n) is 4.87. The molecule has 1 fully saturated rings. The zero-order valence-electron chi connectivity index (χ0n) is 14.9. The van der Waals surface area contributed by atoms with Gasteiger partial charge in [-0.05, 0) is 39.2 Å². The van der Waals surface area contributed by atoms with Crippen molar-refractivity contribution in [3.63, 3.8) is 0 Å². The van der Waals surface area contributed by atoms with Crippen LogP contribution in [0.1, 0.15) is 39.2 Å². The molecule has 0 aromatic heterocycles. The summed E-state index contributed by atoms with van der Waals surface area (Å²) in [6.07, 6.45) is 1.70. The zero-order chi connectivity index (χ0) is 16.8. The van der Waals surface area contributed by atoms with Crippen molar-refractivity contribution in [3.8, 4) is 0 Å². The number of rotatable bonds is 6. The molecule has 1 aromatic carbocycles. The third-order valence-corrected chi connectivity index (χ3v) is 4.87. The molecule has 4 nitrogen and oxygen atoms in total. The van der Waals surface area contributed by atoms with Crippen LogP contribution in [-0.4, -0.2) is 54.1 Å². The maximum atomic E-state index is 12.4. The van der Waals surface area contributed by atoms with Gasteiger partial charge in [0.2, 0.25) is 0 Å². The standard InChI is InChI=1S/C19H30N2O2/c1-5-23-16(3)19(22)20(4)18-11-12-21(15(2)13-18)14-17-9-7-6-8-10-17/h6-10,15-16,18H,5,11-14H2,1-4H3/t15-,16-,18+/m0/s1. The third kappa shape index (κ3) is 4.79. The summed E-state index contributed by atoms with van der Waals surface area (Å²) in [5.74, 6) is 0.0977. The van der Waals surface area contributed by atoms with Gasteiger partial charge in [0.1, 0.15) is 6.10 Å². The highest BCUT2D eigenvalue weighted by Gasteiger charge is 2.31. The number of likely N-dealkylation sites (tertiary alicyclic amines) is 1. The van der Waals surface area contributed by atoms with Crippen molar-refractivity contribution in [2.75, 3.05) is 20.2 Å². The second-order valence-electron chi connectivity index (χ2n) is 6.53. The molecule has 23 heavy (non-hydrogen) atoms. The first-order valence-corrected chi connectivity index (χ1v) is 8.69. The summed E-state index contributed by atoms with van der Waals surface area (Å²) >= 11 is 0. The lowest BCUT2D eigenvalue weighted by atomic mass is 9.96. The topological polar surface area (TPSA) is 32.8 Å². The van der Waals surface area contributed by atoms with E-state index in [0.717, 1.165) is 25.9 Å². The number of hydrogen-bond acceptors (Lipinski definition) is 3. The number of nitrogens with zero attached hydrogens (tertiary/aromatic N) is 2. The fourth-order valence-corrected chi connectivity index (χ4v) is 3.39. The van der Waals surface area contributed by atoms with Crippen LogP contribution in [0.2, 0.25) is 0 Å². The maximum absolute atomic E-state index is 12.4. The molecule has 0 N–H and O–H groups in total. The van der Waals surface area contributed by atoms with Gasteiger partial charge in [0.25, 0.3) is 5.91 Å². The molecular formula is C19H30N2O2. The molecule has 0 saturated carbocycles. The van der Waals surface area contributed by atoms with Gasteiger partial charge in [-0.25, -0.2) is 0 Å². The average molecular weight is 318 g/mol. The summed E-state index contributed by atoms with van der Waals surface area (Å²) in [5, 5.41) is 0. The average Bonchev–Trinajstić information content (AvgIpc) is 2.56. The molecule has 3 atom stereocenters. The van der Waals surface area contributed by atoms with E-state index in [4.69, 9.17) is 4.74 Å². The summed E-state index contributed by atoms with van der Waals surface area (Å²) < 4.78 is 5.44. The first-order valence-electron chi connectivity index (χ1n) is 8.69. The lowest BCUT2D eigenvalue weighted by molar-refractivity contribution is -0.144. The van der Waals surface area contributed by atoms with E-state index in [1.165, 1.54) is 5.56 Å². The lowest BCUT2D eigenvalue weighted by Gasteiger charge is -2.41. The first kappa shape index (κ1) is 18.0. The summed E-state index contributed by atoms with van der Waals surface area (Å²) in [6.45, 7) is 8.62. The number of hydrogen-bond donors (Lipinski definition) is 0.